The van der Waals surface area contributed by atoms with Crippen LogP contribution in [0.5, 0.6) is 0 Å². The third kappa shape index (κ3) is 7.97. The fourth-order valence-corrected chi connectivity index (χ4v) is 0.899. The molecule has 7 nitrogen and oxygen atoms in total. The zero-order valence-electron chi connectivity index (χ0n) is 9.01. The summed E-state index contributed by atoms with van der Waals surface area (Å²) in [6.07, 6.45) is -1.60. The normalized spacial score (nSPS) is 9.47. The maximum atomic E-state index is 11.0. The first-order valence-electron chi connectivity index (χ1n) is 4.81. The molecular weight excluding hydrogens is 232 g/mol. The number of ether oxygens (including phenoxy) is 1. The van der Waals surface area contributed by atoms with Crippen LogP contribution in [0.4, 0.5) is 0 Å². The summed E-state index contributed by atoms with van der Waals surface area (Å²) in [5.41, 5.74) is 0. The van der Waals surface area contributed by atoms with Crippen LogP contribution in [-0.2, 0) is 28.7 Å². The average Bonchev–Trinajstić information content (AvgIpc) is 2.16. The van der Waals surface area contributed by atoms with Crippen LogP contribution in [0, 0.1) is 0 Å². The number of aliphatic hydroxyl groups excluding tert-OH is 1. The van der Waals surface area contributed by atoms with Gasteiger partial charge in [-0.3, -0.25) is 19.2 Å². The van der Waals surface area contributed by atoms with Gasteiger partial charge in [0.2, 0.25) is 0 Å². The summed E-state index contributed by atoms with van der Waals surface area (Å²) >= 11 is 0. The van der Waals surface area contributed by atoms with Gasteiger partial charge >= 0.3 is 11.9 Å². The highest BCUT2D eigenvalue weighted by atomic mass is 16.6. The van der Waals surface area contributed by atoms with Crippen molar-refractivity contribution in [1.29, 1.82) is 0 Å². The fourth-order valence-electron chi connectivity index (χ4n) is 0.899. The SMILES string of the molecule is O=CCC(=O)CC(=O)OC(=O)CC(=O)CCO. The van der Waals surface area contributed by atoms with Crippen molar-refractivity contribution in [2.45, 2.75) is 25.7 Å². The molecule has 0 atom stereocenters. The van der Waals surface area contributed by atoms with E-state index in [0.29, 0.717) is 6.29 Å². The van der Waals surface area contributed by atoms with Crippen molar-refractivity contribution >= 4 is 29.8 Å². The Labute approximate surface area is 96.7 Å². The van der Waals surface area contributed by atoms with Crippen molar-refractivity contribution in [3.63, 3.8) is 0 Å². The van der Waals surface area contributed by atoms with Gasteiger partial charge in [-0.05, 0) is 0 Å². The minimum absolute atomic E-state index is 0.201. The van der Waals surface area contributed by atoms with E-state index in [-0.39, 0.29) is 6.42 Å². The second-order valence-electron chi connectivity index (χ2n) is 3.12. The molecule has 0 bridgehead atoms. The summed E-state index contributed by atoms with van der Waals surface area (Å²) in [6, 6.07) is 0. The number of hydrogen-bond donors (Lipinski definition) is 1. The maximum Gasteiger partial charge on any atom is 0.320 e. The Balaban J connectivity index is 3.95. The molecule has 0 rings (SSSR count). The van der Waals surface area contributed by atoms with Crippen LogP contribution in [0.3, 0.4) is 0 Å². The zero-order chi connectivity index (χ0) is 13.3. The van der Waals surface area contributed by atoms with Gasteiger partial charge in [-0.1, -0.05) is 0 Å². The molecular formula is C10H12O7. The largest absolute Gasteiger partial charge is 0.396 e. The molecule has 0 amide bonds. The van der Waals surface area contributed by atoms with Crippen LogP contribution in [0.1, 0.15) is 25.7 Å². The molecule has 0 spiro atoms. The van der Waals surface area contributed by atoms with Crippen molar-refractivity contribution in [2.75, 3.05) is 6.61 Å². The van der Waals surface area contributed by atoms with Gasteiger partial charge in [-0.2, -0.15) is 0 Å². The van der Waals surface area contributed by atoms with Crippen LogP contribution in [-0.4, -0.2) is 41.5 Å². The Kier molecular flexibility index (Phi) is 7.36. The first-order valence-corrected chi connectivity index (χ1v) is 4.81. The molecule has 0 aliphatic heterocycles. The number of rotatable bonds is 8. The molecule has 0 fully saturated rings. The summed E-state index contributed by atoms with van der Waals surface area (Å²) in [6.45, 7) is -0.391. The summed E-state index contributed by atoms with van der Waals surface area (Å²) in [4.78, 5) is 53.5. The van der Waals surface area contributed by atoms with Crippen molar-refractivity contribution < 1.29 is 33.8 Å². The second kappa shape index (κ2) is 8.28. The number of ketones is 2. The molecule has 0 aromatic carbocycles. The molecule has 0 saturated carbocycles. The maximum absolute atomic E-state index is 11.0. The lowest BCUT2D eigenvalue weighted by atomic mass is 10.2. The van der Waals surface area contributed by atoms with Crippen LogP contribution in [0.25, 0.3) is 0 Å². The van der Waals surface area contributed by atoms with Crippen molar-refractivity contribution in [2.24, 2.45) is 0 Å². The zero-order valence-corrected chi connectivity index (χ0v) is 9.01. The van der Waals surface area contributed by atoms with E-state index in [4.69, 9.17) is 5.11 Å². The average molecular weight is 244 g/mol. The second-order valence-corrected chi connectivity index (χ2v) is 3.12. The predicted molar refractivity (Wildman–Crippen MR) is 52.7 cm³/mol. The highest BCUT2D eigenvalue weighted by Crippen LogP contribution is 1.97. The predicted octanol–water partition coefficient (Wildman–Crippen LogP) is -1.05. The van der Waals surface area contributed by atoms with Gasteiger partial charge in [0, 0.05) is 13.0 Å². The molecule has 7 heteroatoms. The van der Waals surface area contributed by atoms with Crippen LogP contribution in [0.15, 0.2) is 0 Å². The van der Waals surface area contributed by atoms with Gasteiger partial charge in [0.15, 0.2) is 5.78 Å². The lowest BCUT2D eigenvalue weighted by Crippen LogP contribution is -2.18. The first kappa shape index (κ1) is 15.1. The van der Waals surface area contributed by atoms with E-state index in [9.17, 15) is 24.0 Å². The van der Waals surface area contributed by atoms with E-state index >= 15 is 0 Å². The quantitative estimate of drug-likeness (QED) is 0.329. The van der Waals surface area contributed by atoms with Crippen molar-refractivity contribution in [1.82, 2.24) is 0 Å². The van der Waals surface area contributed by atoms with E-state index in [0.717, 1.165) is 0 Å². The molecule has 0 aliphatic rings. The van der Waals surface area contributed by atoms with Crippen molar-refractivity contribution in [3.05, 3.63) is 0 Å². The van der Waals surface area contributed by atoms with E-state index in [2.05, 4.69) is 4.74 Å². The number of aldehydes is 1. The minimum Gasteiger partial charge on any atom is -0.396 e. The van der Waals surface area contributed by atoms with Gasteiger partial charge in [0.05, 0.1) is 6.42 Å². The Morgan fingerprint density at radius 3 is 2.00 bits per heavy atom. The van der Waals surface area contributed by atoms with Gasteiger partial charge < -0.3 is 14.6 Å². The number of carbonyl (C=O) groups excluding carboxylic acids is 5. The molecule has 0 unspecified atom stereocenters. The minimum atomic E-state index is -1.10. The molecule has 0 aromatic rings. The van der Waals surface area contributed by atoms with Gasteiger partial charge in [0.1, 0.15) is 24.9 Å². The smallest absolute Gasteiger partial charge is 0.320 e. The molecule has 0 aromatic heterocycles. The molecule has 94 valence electrons. The number of aliphatic hydroxyl groups is 1. The molecule has 0 aliphatic carbocycles. The fraction of sp³-hybridized carbons (Fsp3) is 0.500. The van der Waals surface area contributed by atoms with Gasteiger partial charge in [-0.25, -0.2) is 0 Å². The number of esters is 2. The van der Waals surface area contributed by atoms with Gasteiger partial charge in [0.25, 0.3) is 0 Å². The standard InChI is InChI=1S/C10H12O7/c11-3-1-7(13)5-9(15)17-10(16)6-8(14)2-4-12/h3,12H,1-2,4-6H2. The number of carbonyl (C=O) groups is 5. The van der Waals surface area contributed by atoms with Crippen LogP contribution < -0.4 is 0 Å². The molecule has 0 saturated heterocycles. The first-order chi connectivity index (χ1) is 7.99. The highest BCUT2D eigenvalue weighted by molar-refractivity contribution is 6.05. The van der Waals surface area contributed by atoms with E-state index in [1.807, 2.05) is 0 Å². The summed E-state index contributed by atoms with van der Waals surface area (Å²) in [5, 5.41) is 8.39. The van der Waals surface area contributed by atoms with Crippen LogP contribution in [0.2, 0.25) is 0 Å². The van der Waals surface area contributed by atoms with E-state index in [1.54, 1.807) is 0 Å². The third-order valence-electron chi connectivity index (χ3n) is 1.61. The Morgan fingerprint density at radius 2 is 1.53 bits per heavy atom. The Morgan fingerprint density at radius 1 is 1.00 bits per heavy atom. The molecule has 1 N–H and O–H groups in total. The number of hydrogen-bond acceptors (Lipinski definition) is 7. The van der Waals surface area contributed by atoms with E-state index < -0.39 is 49.4 Å². The summed E-state index contributed by atoms with van der Waals surface area (Å²) < 4.78 is 4.17. The molecule has 0 radical (unpaired) electrons. The topological polar surface area (TPSA) is 115 Å². The highest BCUT2D eigenvalue weighted by Gasteiger charge is 2.17. The van der Waals surface area contributed by atoms with Crippen molar-refractivity contribution in [3.8, 4) is 0 Å². The van der Waals surface area contributed by atoms with Gasteiger partial charge in [-0.15, -0.1) is 0 Å². The Hall–Kier alpha value is -1.89. The summed E-state index contributed by atoms with van der Waals surface area (Å²) in [5.74, 6) is -3.41. The number of Topliss-reactive ketones (excluding diaryl/α,β-unsaturated/α-hetero) is 2. The molecule has 0 heterocycles. The van der Waals surface area contributed by atoms with E-state index in [1.165, 1.54) is 0 Å². The third-order valence-corrected chi connectivity index (χ3v) is 1.61. The Bertz CT molecular complexity index is 332. The lowest BCUT2D eigenvalue weighted by Gasteiger charge is -2.00. The monoisotopic (exact) mass is 244 g/mol. The lowest BCUT2D eigenvalue weighted by molar-refractivity contribution is -0.160. The summed E-state index contributed by atoms with van der Waals surface area (Å²) in [7, 11) is 0. The van der Waals surface area contributed by atoms with Crippen LogP contribution >= 0.6 is 0 Å². The molecule has 17 heavy (non-hydrogen) atoms.